The van der Waals surface area contributed by atoms with Gasteiger partial charge < -0.3 is 10.2 Å². The Labute approximate surface area is 75.6 Å². The number of nitrogens with zero attached hydrogens (tertiary/aromatic N) is 1. The summed E-state index contributed by atoms with van der Waals surface area (Å²) >= 11 is 5.84. The first-order valence-electron chi connectivity index (χ1n) is 3.55. The van der Waals surface area contributed by atoms with E-state index in [-0.39, 0.29) is 13.2 Å². The number of aryl methyl sites for hydroxylation is 1. The minimum Gasteiger partial charge on any atom is -0.392 e. The molecule has 0 amide bonds. The van der Waals surface area contributed by atoms with Gasteiger partial charge in [-0.1, -0.05) is 11.6 Å². The Balaban J connectivity index is 3.25. The Morgan fingerprint density at radius 1 is 1.42 bits per heavy atom. The lowest BCUT2D eigenvalue weighted by Gasteiger charge is -2.07. The van der Waals surface area contributed by atoms with Crippen molar-refractivity contribution in [3.63, 3.8) is 0 Å². The molecule has 3 nitrogen and oxygen atoms in total. The second-order valence-corrected chi connectivity index (χ2v) is 2.86. The fraction of sp³-hybridized carbons (Fsp3) is 0.375. The molecule has 1 aromatic rings. The van der Waals surface area contributed by atoms with Crippen LogP contribution in [0.3, 0.4) is 0 Å². The van der Waals surface area contributed by atoms with Crippen LogP contribution in [0.2, 0.25) is 5.02 Å². The van der Waals surface area contributed by atoms with E-state index in [2.05, 4.69) is 4.98 Å². The summed E-state index contributed by atoms with van der Waals surface area (Å²) in [6.45, 7) is 1.43. The van der Waals surface area contributed by atoms with Crippen LogP contribution in [0.4, 0.5) is 0 Å². The van der Waals surface area contributed by atoms with Crippen molar-refractivity contribution in [2.75, 3.05) is 0 Å². The van der Waals surface area contributed by atoms with Crippen molar-refractivity contribution < 1.29 is 10.2 Å². The van der Waals surface area contributed by atoms with Gasteiger partial charge in [0.1, 0.15) is 0 Å². The number of rotatable bonds is 2. The predicted molar refractivity (Wildman–Crippen MR) is 45.8 cm³/mol. The second kappa shape index (κ2) is 3.85. The lowest BCUT2D eigenvalue weighted by atomic mass is 10.1. The predicted octanol–water partition coefficient (Wildman–Crippen LogP) is 1.03. The van der Waals surface area contributed by atoms with Gasteiger partial charge in [-0.15, -0.1) is 0 Å². The van der Waals surface area contributed by atoms with Crippen molar-refractivity contribution in [3.8, 4) is 0 Å². The Hall–Kier alpha value is -0.640. The number of halogens is 1. The van der Waals surface area contributed by atoms with Gasteiger partial charge in [0.2, 0.25) is 0 Å². The summed E-state index contributed by atoms with van der Waals surface area (Å²) < 4.78 is 0. The number of aliphatic hydroxyl groups excluding tert-OH is 2. The van der Waals surface area contributed by atoms with Crippen molar-refractivity contribution in [2.45, 2.75) is 20.1 Å². The SMILES string of the molecule is Cc1ncc(CO)c(CO)c1Cl. The van der Waals surface area contributed by atoms with Gasteiger partial charge in [0.25, 0.3) is 0 Å². The Bertz CT molecular complexity index is 289. The maximum Gasteiger partial charge on any atom is 0.0701 e. The molecule has 0 radical (unpaired) electrons. The summed E-state index contributed by atoms with van der Waals surface area (Å²) in [5.41, 5.74) is 1.80. The molecule has 1 rings (SSSR count). The van der Waals surface area contributed by atoms with Crippen LogP contribution in [-0.4, -0.2) is 15.2 Å². The Morgan fingerprint density at radius 3 is 2.58 bits per heavy atom. The molecule has 0 aliphatic heterocycles. The maximum atomic E-state index is 8.93. The fourth-order valence-electron chi connectivity index (χ4n) is 0.976. The highest BCUT2D eigenvalue weighted by Crippen LogP contribution is 2.22. The average molecular weight is 188 g/mol. The molecule has 12 heavy (non-hydrogen) atoms. The van der Waals surface area contributed by atoms with Gasteiger partial charge in [-0.3, -0.25) is 4.98 Å². The molecule has 0 aliphatic rings. The molecule has 0 saturated carbocycles. The third kappa shape index (κ3) is 1.58. The maximum absolute atomic E-state index is 8.93. The molecule has 0 saturated heterocycles. The highest BCUT2D eigenvalue weighted by atomic mass is 35.5. The summed E-state index contributed by atoms with van der Waals surface area (Å²) in [7, 11) is 0. The van der Waals surface area contributed by atoms with E-state index in [0.717, 1.165) is 0 Å². The van der Waals surface area contributed by atoms with Gasteiger partial charge in [0.15, 0.2) is 0 Å². The highest BCUT2D eigenvalue weighted by molar-refractivity contribution is 6.32. The second-order valence-electron chi connectivity index (χ2n) is 2.48. The van der Waals surface area contributed by atoms with E-state index in [1.807, 2.05) is 0 Å². The van der Waals surface area contributed by atoms with Crippen LogP contribution in [0.25, 0.3) is 0 Å². The molecule has 0 atom stereocenters. The fourth-order valence-corrected chi connectivity index (χ4v) is 1.21. The lowest BCUT2D eigenvalue weighted by molar-refractivity contribution is 0.259. The zero-order valence-electron chi connectivity index (χ0n) is 6.71. The Kier molecular flexibility index (Phi) is 3.03. The van der Waals surface area contributed by atoms with Crippen molar-refractivity contribution in [2.24, 2.45) is 0 Å². The molecule has 1 aromatic heterocycles. The number of hydrogen-bond acceptors (Lipinski definition) is 3. The van der Waals surface area contributed by atoms with E-state index >= 15 is 0 Å². The van der Waals surface area contributed by atoms with E-state index in [1.165, 1.54) is 6.20 Å². The molecule has 0 aliphatic carbocycles. The first-order chi connectivity index (χ1) is 5.70. The van der Waals surface area contributed by atoms with E-state index in [9.17, 15) is 0 Å². The van der Waals surface area contributed by atoms with Gasteiger partial charge in [-0.25, -0.2) is 0 Å². The zero-order valence-corrected chi connectivity index (χ0v) is 7.47. The molecule has 66 valence electrons. The molecular formula is C8H10ClNO2. The van der Waals surface area contributed by atoms with Gasteiger partial charge >= 0.3 is 0 Å². The lowest BCUT2D eigenvalue weighted by Crippen LogP contribution is -1.98. The van der Waals surface area contributed by atoms with Crippen LogP contribution in [0.15, 0.2) is 6.20 Å². The molecule has 0 aromatic carbocycles. The molecule has 0 fully saturated rings. The van der Waals surface area contributed by atoms with Crippen molar-refractivity contribution >= 4 is 11.6 Å². The zero-order chi connectivity index (χ0) is 9.14. The summed E-state index contributed by atoms with van der Waals surface area (Å²) in [6, 6.07) is 0. The summed E-state index contributed by atoms with van der Waals surface area (Å²) in [5.74, 6) is 0. The Morgan fingerprint density at radius 2 is 2.08 bits per heavy atom. The topological polar surface area (TPSA) is 53.4 Å². The number of aliphatic hydroxyl groups is 2. The third-order valence-electron chi connectivity index (χ3n) is 1.71. The summed E-state index contributed by atoms with van der Waals surface area (Å²) in [6.07, 6.45) is 1.52. The minimum absolute atomic E-state index is 0.150. The van der Waals surface area contributed by atoms with Crippen LogP contribution < -0.4 is 0 Å². The molecule has 0 spiro atoms. The monoisotopic (exact) mass is 187 g/mol. The number of aromatic nitrogens is 1. The molecule has 0 unspecified atom stereocenters. The highest BCUT2D eigenvalue weighted by Gasteiger charge is 2.08. The van der Waals surface area contributed by atoms with Crippen molar-refractivity contribution in [1.82, 2.24) is 4.98 Å². The number of pyridine rings is 1. The number of hydrogen-bond donors (Lipinski definition) is 2. The van der Waals surface area contributed by atoms with Gasteiger partial charge in [-0.2, -0.15) is 0 Å². The van der Waals surface area contributed by atoms with Crippen molar-refractivity contribution in [3.05, 3.63) is 28.0 Å². The van der Waals surface area contributed by atoms with Crippen LogP contribution in [-0.2, 0) is 13.2 Å². The molecule has 2 N–H and O–H groups in total. The van der Waals surface area contributed by atoms with E-state index in [1.54, 1.807) is 6.92 Å². The summed E-state index contributed by atoms with van der Waals surface area (Å²) in [5, 5.41) is 18.2. The average Bonchev–Trinajstić information content (AvgIpc) is 2.09. The minimum atomic E-state index is -0.169. The van der Waals surface area contributed by atoms with Gasteiger partial charge in [0, 0.05) is 17.3 Å². The largest absolute Gasteiger partial charge is 0.392 e. The van der Waals surface area contributed by atoms with E-state index in [0.29, 0.717) is 21.8 Å². The van der Waals surface area contributed by atoms with E-state index < -0.39 is 0 Å². The standard InChI is InChI=1S/C8H10ClNO2/c1-5-8(9)7(4-12)6(3-11)2-10-5/h2,11-12H,3-4H2,1H3. The van der Waals surface area contributed by atoms with E-state index in [4.69, 9.17) is 21.8 Å². The van der Waals surface area contributed by atoms with Gasteiger partial charge in [0.05, 0.1) is 23.9 Å². The van der Waals surface area contributed by atoms with Crippen LogP contribution >= 0.6 is 11.6 Å². The van der Waals surface area contributed by atoms with Crippen LogP contribution in [0.5, 0.6) is 0 Å². The molecule has 1 heterocycles. The van der Waals surface area contributed by atoms with Crippen molar-refractivity contribution in [1.29, 1.82) is 0 Å². The first-order valence-corrected chi connectivity index (χ1v) is 3.93. The van der Waals surface area contributed by atoms with Gasteiger partial charge in [-0.05, 0) is 6.92 Å². The normalized spacial score (nSPS) is 10.3. The molecule has 0 bridgehead atoms. The summed E-state index contributed by atoms with van der Waals surface area (Å²) in [4.78, 5) is 3.96. The smallest absolute Gasteiger partial charge is 0.0701 e. The third-order valence-corrected chi connectivity index (χ3v) is 2.21. The first kappa shape index (κ1) is 9.45. The molecular weight excluding hydrogens is 178 g/mol. The van der Waals surface area contributed by atoms with Crippen LogP contribution in [0.1, 0.15) is 16.8 Å². The van der Waals surface area contributed by atoms with Crippen LogP contribution in [0, 0.1) is 6.92 Å². The molecule has 4 heteroatoms. The quantitative estimate of drug-likeness (QED) is 0.727.